The Morgan fingerprint density at radius 1 is 1.57 bits per heavy atom. The lowest BCUT2D eigenvalue weighted by molar-refractivity contribution is -0.126. The molecule has 1 spiro atoms. The van der Waals surface area contributed by atoms with Crippen molar-refractivity contribution in [1.82, 2.24) is 10.2 Å². The number of nitrogens with one attached hydrogen (secondary N) is 1. The number of hydrogen-bond acceptors (Lipinski definition) is 3. The maximum atomic E-state index is 6.02. The van der Waals surface area contributed by atoms with E-state index in [4.69, 9.17) is 17.0 Å². The third-order valence-corrected chi connectivity index (χ3v) is 4.24. The summed E-state index contributed by atoms with van der Waals surface area (Å²) in [6.07, 6.45) is 3.37. The zero-order chi connectivity index (χ0) is 9.60. The molecule has 0 aromatic heterocycles. The van der Waals surface area contributed by atoms with E-state index in [-0.39, 0.29) is 5.72 Å². The van der Waals surface area contributed by atoms with Gasteiger partial charge < -0.3 is 15.0 Å². The van der Waals surface area contributed by atoms with E-state index in [0.29, 0.717) is 5.92 Å². The number of hydrogen-bond donors (Lipinski definition) is 1. The first-order chi connectivity index (χ1) is 6.83. The van der Waals surface area contributed by atoms with Crippen LogP contribution >= 0.6 is 12.2 Å². The van der Waals surface area contributed by atoms with Crippen molar-refractivity contribution in [2.75, 3.05) is 26.2 Å². The fourth-order valence-electron chi connectivity index (χ4n) is 3.13. The van der Waals surface area contributed by atoms with Crippen molar-refractivity contribution < 1.29 is 4.74 Å². The number of piperidine rings is 2. The van der Waals surface area contributed by atoms with Gasteiger partial charge in [0.1, 0.15) is 5.72 Å². The number of thiocarbonyl (C=S) groups is 1. The molecule has 3 heterocycles. The zero-order valence-corrected chi connectivity index (χ0v) is 9.11. The molecule has 1 N–H and O–H groups in total. The van der Waals surface area contributed by atoms with Gasteiger partial charge in [-0.1, -0.05) is 12.2 Å². The average molecular weight is 212 g/mol. The summed E-state index contributed by atoms with van der Waals surface area (Å²) in [6.45, 7) is 4.03. The first-order valence-corrected chi connectivity index (χ1v) is 5.89. The van der Waals surface area contributed by atoms with Gasteiger partial charge in [0.05, 0.1) is 11.6 Å². The predicted octanol–water partition coefficient (Wildman–Crippen LogP) is 0.746. The molecule has 0 bridgehead atoms. The Morgan fingerprint density at radius 3 is 3.43 bits per heavy atom. The highest BCUT2D eigenvalue weighted by Crippen LogP contribution is 2.42. The van der Waals surface area contributed by atoms with E-state index in [9.17, 15) is 0 Å². The minimum absolute atomic E-state index is 0.0133. The van der Waals surface area contributed by atoms with Gasteiger partial charge in [0.15, 0.2) is 0 Å². The second-order valence-electron chi connectivity index (χ2n) is 4.43. The molecule has 0 aromatic carbocycles. The second-order valence-corrected chi connectivity index (χ2v) is 4.90. The lowest BCUT2D eigenvalue weighted by Crippen LogP contribution is -2.62. The van der Waals surface area contributed by atoms with Crippen LogP contribution in [0.2, 0.25) is 0 Å². The van der Waals surface area contributed by atoms with Crippen LogP contribution < -0.4 is 5.32 Å². The topological polar surface area (TPSA) is 24.5 Å². The summed E-state index contributed by atoms with van der Waals surface area (Å²) in [6, 6.07) is 0. The Bertz CT molecular complexity index is 271. The van der Waals surface area contributed by atoms with E-state index in [1.54, 1.807) is 0 Å². The standard InChI is InChI=1S/C10H16N2OS/c14-9-2-1-8-7-11-4-3-10(8)12(9)5-6-13-10/h8,11H,1-7H2. The van der Waals surface area contributed by atoms with Crippen molar-refractivity contribution in [3.05, 3.63) is 0 Å². The number of ether oxygens (including phenoxy) is 1. The molecule has 0 aliphatic carbocycles. The molecule has 4 heteroatoms. The molecule has 3 saturated heterocycles. The van der Waals surface area contributed by atoms with Crippen molar-refractivity contribution in [2.45, 2.75) is 25.0 Å². The fraction of sp³-hybridized carbons (Fsp3) is 0.900. The summed E-state index contributed by atoms with van der Waals surface area (Å²) in [5.74, 6) is 0.644. The Morgan fingerprint density at radius 2 is 2.50 bits per heavy atom. The third-order valence-electron chi connectivity index (χ3n) is 3.82. The zero-order valence-electron chi connectivity index (χ0n) is 8.29. The monoisotopic (exact) mass is 212 g/mol. The predicted molar refractivity (Wildman–Crippen MR) is 58.2 cm³/mol. The molecule has 3 fully saturated rings. The normalized spacial score (nSPS) is 42.1. The molecule has 78 valence electrons. The maximum absolute atomic E-state index is 6.02. The molecule has 3 nitrogen and oxygen atoms in total. The molecule has 2 unspecified atom stereocenters. The van der Waals surface area contributed by atoms with Crippen LogP contribution in [0.3, 0.4) is 0 Å². The molecule has 0 radical (unpaired) electrons. The summed E-state index contributed by atoms with van der Waals surface area (Å²) in [7, 11) is 0. The molecule has 14 heavy (non-hydrogen) atoms. The Labute approximate surface area is 89.8 Å². The molecular weight excluding hydrogens is 196 g/mol. The van der Waals surface area contributed by atoms with Gasteiger partial charge >= 0.3 is 0 Å². The molecule has 0 amide bonds. The van der Waals surface area contributed by atoms with Crippen LogP contribution in [0.1, 0.15) is 19.3 Å². The lowest BCUT2D eigenvalue weighted by atomic mass is 9.81. The molecule has 0 saturated carbocycles. The quantitative estimate of drug-likeness (QED) is 0.599. The third kappa shape index (κ3) is 1.08. The van der Waals surface area contributed by atoms with E-state index in [1.165, 1.54) is 6.42 Å². The molecule has 3 aliphatic rings. The Kier molecular flexibility index (Phi) is 2.04. The van der Waals surface area contributed by atoms with Crippen LogP contribution in [0.15, 0.2) is 0 Å². The van der Waals surface area contributed by atoms with Crippen LogP contribution in [0.5, 0.6) is 0 Å². The van der Waals surface area contributed by atoms with Crippen LogP contribution in [0.25, 0.3) is 0 Å². The first-order valence-electron chi connectivity index (χ1n) is 5.48. The smallest absolute Gasteiger partial charge is 0.146 e. The second kappa shape index (κ2) is 3.15. The van der Waals surface area contributed by atoms with Gasteiger partial charge in [-0.2, -0.15) is 0 Å². The largest absolute Gasteiger partial charge is 0.353 e. The lowest BCUT2D eigenvalue weighted by Gasteiger charge is -2.50. The van der Waals surface area contributed by atoms with Gasteiger partial charge in [-0.15, -0.1) is 0 Å². The summed E-state index contributed by atoms with van der Waals surface area (Å²) in [4.78, 5) is 3.48. The van der Waals surface area contributed by atoms with Crippen molar-refractivity contribution in [3.8, 4) is 0 Å². The van der Waals surface area contributed by atoms with Gasteiger partial charge in [-0.25, -0.2) is 0 Å². The van der Waals surface area contributed by atoms with Crippen LogP contribution in [0, 0.1) is 5.92 Å². The maximum Gasteiger partial charge on any atom is 0.146 e. The van der Waals surface area contributed by atoms with Gasteiger partial charge in [-0.05, 0) is 19.4 Å². The van der Waals surface area contributed by atoms with Gasteiger partial charge in [0.25, 0.3) is 0 Å². The van der Waals surface area contributed by atoms with Gasteiger partial charge in [-0.3, -0.25) is 0 Å². The molecule has 2 atom stereocenters. The highest BCUT2D eigenvalue weighted by atomic mass is 32.1. The highest BCUT2D eigenvalue weighted by Gasteiger charge is 2.52. The molecule has 3 rings (SSSR count). The molecular formula is C10H16N2OS. The Hall–Kier alpha value is -0.190. The summed E-state index contributed by atoms with van der Waals surface area (Å²) < 4.78 is 6.02. The highest BCUT2D eigenvalue weighted by molar-refractivity contribution is 7.80. The van der Waals surface area contributed by atoms with E-state index in [1.807, 2.05) is 0 Å². The van der Waals surface area contributed by atoms with Crippen molar-refractivity contribution in [1.29, 1.82) is 0 Å². The minimum atomic E-state index is -0.0133. The summed E-state index contributed by atoms with van der Waals surface area (Å²) >= 11 is 5.43. The van der Waals surface area contributed by atoms with E-state index < -0.39 is 0 Å². The fourth-order valence-corrected chi connectivity index (χ4v) is 3.49. The Balaban J connectivity index is 1.95. The SMILES string of the molecule is S=C1CCC2CNCCC23OCCN13. The van der Waals surface area contributed by atoms with Crippen LogP contribution in [0.4, 0.5) is 0 Å². The number of rotatable bonds is 0. The van der Waals surface area contributed by atoms with Crippen molar-refractivity contribution in [2.24, 2.45) is 5.92 Å². The molecule has 3 aliphatic heterocycles. The van der Waals surface area contributed by atoms with E-state index in [2.05, 4.69) is 10.2 Å². The van der Waals surface area contributed by atoms with Crippen molar-refractivity contribution in [3.63, 3.8) is 0 Å². The number of nitrogens with zero attached hydrogens (tertiary/aromatic N) is 1. The van der Waals surface area contributed by atoms with Gasteiger partial charge in [0, 0.05) is 25.4 Å². The summed E-state index contributed by atoms with van der Waals surface area (Å²) in [5, 5.41) is 3.46. The van der Waals surface area contributed by atoms with Gasteiger partial charge in [0.2, 0.25) is 0 Å². The van der Waals surface area contributed by atoms with E-state index >= 15 is 0 Å². The summed E-state index contributed by atoms with van der Waals surface area (Å²) in [5.41, 5.74) is -0.0133. The molecule has 0 aromatic rings. The van der Waals surface area contributed by atoms with Crippen molar-refractivity contribution >= 4 is 17.2 Å². The van der Waals surface area contributed by atoms with Crippen LogP contribution in [-0.2, 0) is 4.74 Å². The average Bonchev–Trinajstić information content (AvgIpc) is 2.62. The minimum Gasteiger partial charge on any atom is -0.353 e. The first kappa shape index (κ1) is 9.07. The van der Waals surface area contributed by atoms with Crippen LogP contribution in [-0.4, -0.2) is 41.9 Å². The van der Waals surface area contributed by atoms with E-state index in [0.717, 1.165) is 44.1 Å².